The Kier molecular flexibility index (Phi) is 3.98. The van der Waals surface area contributed by atoms with Crippen LogP contribution in [0, 0.1) is 12.3 Å². The van der Waals surface area contributed by atoms with Gasteiger partial charge in [0, 0.05) is 11.1 Å². The summed E-state index contributed by atoms with van der Waals surface area (Å²) in [5.74, 6) is -0.448. The fourth-order valence-electron chi connectivity index (χ4n) is 3.99. The molecule has 0 spiro atoms. The van der Waals surface area contributed by atoms with Gasteiger partial charge in [-0.3, -0.25) is 9.59 Å². The lowest BCUT2D eigenvalue weighted by molar-refractivity contribution is -0.111. The summed E-state index contributed by atoms with van der Waals surface area (Å²) in [5, 5.41) is 0. The Balaban J connectivity index is 2.25. The summed E-state index contributed by atoms with van der Waals surface area (Å²) in [7, 11) is 0. The highest BCUT2D eigenvalue weighted by atomic mass is 16.3. The molecule has 0 bridgehead atoms. The van der Waals surface area contributed by atoms with Crippen LogP contribution in [0.1, 0.15) is 68.1 Å². The van der Waals surface area contributed by atoms with E-state index >= 15 is 0 Å². The third-order valence-electron chi connectivity index (χ3n) is 5.20. The van der Waals surface area contributed by atoms with Gasteiger partial charge in [0.2, 0.25) is 11.6 Å². The Morgan fingerprint density at radius 1 is 1.29 bits per heavy atom. The average molecular weight is 324 g/mol. The van der Waals surface area contributed by atoms with E-state index in [1.54, 1.807) is 6.92 Å². The number of aryl methyl sites for hydroxylation is 1. The van der Waals surface area contributed by atoms with Crippen LogP contribution in [-0.4, -0.2) is 11.6 Å². The molecular formula is C21H24O3. The molecule has 3 heteroatoms. The lowest BCUT2D eigenvalue weighted by atomic mass is 9.67. The zero-order chi connectivity index (χ0) is 17.6. The van der Waals surface area contributed by atoms with Crippen molar-refractivity contribution >= 4 is 17.1 Å². The Hall–Kier alpha value is -2.16. The molecule has 0 amide bonds. The van der Waals surface area contributed by atoms with Crippen LogP contribution in [0.15, 0.2) is 40.1 Å². The number of ketones is 2. The van der Waals surface area contributed by atoms with Crippen molar-refractivity contribution in [2.24, 2.45) is 5.41 Å². The molecule has 0 aliphatic heterocycles. The van der Waals surface area contributed by atoms with Crippen molar-refractivity contribution in [1.82, 2.24) is 0 Å². The molecule has 3 nitrogen and oxygen atoms in total. The van der Waals surface area contributed by atoms with Crippen molar-refractivity contribution in [2.45, 2.75) is 53.4 Å². The van der Waals surface area contributed by atoms with E-state index in [1.807, 2.05) is 0 Å². The van der Waals surface area contributed by atoms with Crippen LogP contribution in [0.4, 0.5) is 0 Å². The first-order chi connectivity index (χ1) is 11.3. The number of furan rings is 1. The highest BCUT2D eigenvalue weighted by Crippen LogP contribution is 2.48. The Morgan fingerprint density at radius 2 is 2.00 bits per heavy atom. The van der Waals surface area contributed by atoms with Crippen LogP contribution >= 0.6 is 0 Å². The highest BCUT2D eigenvalue weighted by molar-refractivity contribution is 6.55. The predicted molar refractivity (Wildman–Crippen MR) is 94.8 cm³/mol. The van der Waals surface area contributed by atoms with E-state index in [0.717, 1.165) is 31.3 Å². The van der Waals surface area contributed by atoms with Crippen LogP contribution in [0.5, 0.6) is 0 Å². The standard InChI is InChI=1S/C21H24O3/c1-6-8-15-14(9-7-10-21(15,4)5)17-13(3)20-16(12(2)11-24-20)18(22)19(17)23/h8,11H,3,6-7,9-10H2,1-2,4-5H3/b15-8+,17-14+. The molecule has 1 aromatic rings. The van der Waals surface area contributed by atoms with Crippen LogP contribution in [-0.2, 0) is 4.79 Å². The fraction of sp³-hybridized carbons (Fsp3) is 0.429. The van der Waals surface area contributed by atoms with E-state index < -0.39 is 11.6 Å². The molecule has 126 valence electrons. The van der Waals surface area contributed by atoms with Gasteiger partial charge in [0.05, 0.1) is 11.8 Å². The number of hydrogen-bond acceptors (Lipinski definition) is 3. The van der Waals surface area contributed by atoms with Crippen molar-refractivity contribution in [3.05, 3.63) is 52.5 Å². The molecule has 0 saturated heterocycles. The number of carbonyl (C=O) groups is 2. The van der Waals surface area contributed by atoms with Gasteiger partial charge in [-0.1, -0.05) is 33.4 Å². The highest BCUT2D eigenvalue weighted by Gasteiger charge is 2.40. The maximum atomic E-state index is 12.9. The molecule has 1 aromatic heterocycles. The van der Waals surface area contributed by atoms with Crippen molar-refractivity contribution in [3.8, 4) is 0 Å². The summed E-state index contributed by atoms with van der Waals surface area (Å²) in [6, 6.07) is 0. The summed E-state index contributed by atoms with van der Waals surface area (Å²) in [6.07, 6.45) is 7.51. The summed E-state index contributed by atoms with van der Waals surface area (Å²) in [4.78, 5) is 25.5. The number of allylic oxidation sites excluding steroid dienone is 5. The molecule has 2 aliphatic carbocycles. The number of hydrogen-bond donors (Lipinski definition) is 0. The monoisotopic (exact) mass is 324 g/mol. The molecule has 1 fully saturated rings. The first-order valence-corrected chi connectivity index (χ1v) is 8.60. The van der Waals surface area contributed by atoms with E-state index in [4.69, 9.17) is 4.42 Å². The number of rotatable bonds is 1. The Morgan fingerprint density at radius 3 is 2.67 bits per heavy atom. The van der Waals surface area contributed by atoms with Gasteiger partial charge in [-0.2, -0.15) is 0 Å². The van der Waals surface area contributed by atoms with Gasteiger partial charge in [-0.05, 0) is 54.7 Å². The van der Waals surface area contributed by atoms with E-state index in [0.29, 0.717) is 28.0 Å². The number of Topliss-reactive ketones (excluding diaryl/α,β-unsaturated/α-hetero) is 2. The first-order valence-electron chi connectivity index (χ1n) is 8.60. The fourth-order valence-corrected chi connectivity index (χ4v) is 3.99. The largest absolute Gasteiger partial charge is 0.463 e. The second kappa shape index (κ2) is 5.73. The summed E-state index contributed by atoms with van der Waals surface area (Å²) in [5.41, 5.74) is 4.26. The predicted octanol–water partition coefficient (Wildman–Crippen LogP) is 5.21. The van der Waals surface area contributed by atoms with E-state index in [1.165, 1.54) is 11.8 Å². The Bertz CT molecular complexity index is 812. The van der Waals surface area contributed by atoms with Gasteiger partial charge < -0.3 is 4.42 Å². The number of carbonyl (C=O) groups excluding carboxylic acids is 2. The van der Waals surface area contributed by atoms with Gasteiger partial charge in [0.25, 0.3) is 0 Å². The van der Waals surface area contributed by atoms with Crippen molar-refractivity contribution in [1.29, 1.82) is 0 Å². The zero-order valence-electron chi connectivity index (χ0n) is 14.9. The Labute approximate surface area is 143 Å². The third kappa shape index (κ3) is 2.34. The molecule has 0 aromatic carbocycles. The molecule has 1 heterocycles. The maximum absolute atomic E-state index is 12.9. The zero-order valence-corrected chi connectivity index (χ0v) is 14.9. The summed E-state index contributed by atoms with van der Waals surface area (Å²) in [6.45, 7) is 12.4. The van der Waals surface area contributed by atoms with Gasteiger partial charge >= 0.3 is 0 Å². The van der Waals surface area contributed by atoms with Gasteiger partial charge in [-0.15, -0.1) is 0 Å². The second-order valence-corrected chi connectivity index (χ2v) is 7.38. The van der Waals surface area contributed by atoms with Crippen molar-refractivity contribution < 1.29 is 14.0 Å². The lowest BCUT2D eigenvalue weighted by Gasteiger charge is -2.37. The van der Waals surface area contributed by atoms with Crippen LogP contribution in [0.25, 0.3) is 5.57 Å². The third-order valence-corrected chi connectivity index (χ3v) is 5.20. The topological polar surface area (TPSA) is 47.3 Å². The molecule has 0 radical (unpaired) electrons. The SMILES string of the molecule is C=C1/C(=C2/CCCC(C)(C)/C2=C/CC)C(=O)C(=O)c2c(C)coc21. The molecule has 24 heavy (non-hydrogen) atoms. The molecule has 2 aliphatic rings. The maximum Gasteiger partial charge on any atom is 0.237 e. The molecular weight excluding hydrogens is 300 g/mol. The normalized spacial score (nSPS) is 25.3. The first kappa shape index (κ1) is 16.7. The summed E-state index contributed by atoms with van der Waals surface area (Å²) >= 11 is 0. The van der Waals surface area contributed by atoms with Crippen LogP contribution < -0.4 is 0 Å². The summed E-state index contributed by atoms with van der Waals surface area (Å²) < 4.78 is 5.56. The van der Waals surface area contributed by atoms with Crippen molar-refractivity contribution in [3.63, 3.8) is 0 Å². The van der Waals surface area contributed by atoms with E-state index in [-0.39, 0.29) is 5.41 Å². The molecule has 1 saturated carbocycles. The number of fused-ring (bicyclic) bond motifs is 1. The van der Waals surface area contributed by atoms with E-state index in [2.05, 4.69) is 33.4 Å². The molecule has 0 unspecified atom stereocenters. The second-order valence-electron chi connectivity index (χ2n) is 7.38. The minimum Gasteiger partial charge on any atom is -0.463 e. The molecule has 0 N–H and O–H groups in total. The van der Waals surface area contributed by atoms with Gasteiger partial charge in [0.1, 0.15) is 5.76 Å². The lowest BCUT2D eigenvalue weighted by Crippen LogP contribution is -2.29. The quantitative estimate of drug-likeness (QED) is 0.526. The van der Waals surface area contributed by atoms with Crippen molar-refractivity contribution in [2.75, 3.05) is 0 Å². The molecule has 3 rings (SSSR count). The van der Waals surface area contributed by atoms with E-state index in [9.17, 15) is 9.59 Å². The average Bonchev–Trinajstić information content (AvgIpc) is 2.90. The minimum absolute atomic E-state index is 0.000438. The minimum atomic E-state index is -0.467. The van der Waals surface area contributed by atoms with Gasteiger partial charge in [0.15, 0.2) is 0 Å². The molecule has 0 atom stereocenters. The van der Waals surface area contributed by atoms with Gasteiger partial charge in [-0.25, -0.2) is 0 Å². The smallest absolute Gasteiger partial charge is 0.237 e. The van der Waals surface area contributed by atoms with Crippen LogP contribution in [0.3, 0.4) is 0 Å². The van der Waals surface area contributed by atoms with Crippen LogP contribution in [0.2, 0.25) is 0 Å².